The van der Waals surface area contributed by atoms with Crippen molar-refractivity contribution in [3.63, 3.8) is 0 Å². The molecule has 1 fully saturated rings. The molecule has 2 rings (SSSR count). The lowest BCUT2D eigenvalue weighted by Crippen LogP contribution is -2.52. The van der Waals surface area contributed by atoms with Crippen LogP contribution in [0.3, 0.4) is 0 Å². The second kappa shape index (κ2) is 5.91. The summed E-state index contributed by atoms with van der Waals surface area (Å²) in [6, 6.07) is 3.07. The van der Waals surface area contributed by atoms with Crippen LogP contribution in [0.5, 0.6) is 5.75 Å². The van der Waals surface area contributed by atoms with Crippen LogP contribution in [-0.4, -0.2) is 42.0 Å². The molecular weight excluding hydrogens is 308 g/mol. The lowest BCUT2D eigenvalue weighted by Gasteiger charge is -2.20. The number of nitrogens with one attached hydrogen (secondary N) is 3. The Morgan fingerprint density at radius 3 is 2.65 bits per heavy atom. The number of benzene rings is 1. The molecule has 0 spiro atoms. The van der Waals surface area contributed by atoms with Crippen molar-refractivity contribution < 1.29 is 24.0 Å². The van der Waals surface area contributed by atoms with Crippen LogP contribution in [0.15, 0.2) is 18.2 Å². The van der Waals surface area contributed by atoms with Gasteiger partial charge in [-0.2, -0.15) is 0 Å². The van der Waals surface area contributed by atoms with Crippen molar-refractivity contribution in [2.24, 2.45) is 0 Å². The van der Waals surface area contributed by atoms with Crippen LogP contribution in [0.1, 0.15) is 17.3 Å². The van der Waals surface area contributed by atoms with E-state index in [2.05, 4.69) is 16.0 Å². The zero-order valence-electron chi connectivity index (χ0n) is 12.3. The van der Waals surface area contributed by atoms with Gasteiger partial charge in [0.05, 0.1) is 12.0 Å². The SMILES string of the molecule is COc1ccc([N+](=O)[O-])c(C(=O)NCC2(C)NC(=O)NC2=O)c1. The maximum atomic E-state index is 12.2. The largest absolute Gasteiger partial charge is 0.497 e. The van der Waals surface area contributed by atoms with E-state index in [1.807, 2.05) is 0 Å². The monoisotopic (exact) mass is 322 g/mol. The van der Waals surface area contributed by atoms with Crippen molar-refractivity contribution in [2.75, 3.05) is 13.7 Å². The molecule has 0 bridgehead atoms. The van der Waals surface area contributed by atoms with Gasteiger partial charge >= 0.3 is 6.03 Å². The van der Waals surface area contributed by atoms with Crippen molar-refractivity contribution in [2.45, 2.75) is 12.5 Å². The fraction of sp³-hybridized carbons (Fsp3) is 0.308. The van der Waals surface area contributed by atoms with E-state index in [-0.39, 0.29) is 17.9 Å². The summed E-state index contributed by atoms with van der Waals surface area (Å²) in [5, 5.41) is 17.8. The maximum absolute atomic E-state index is 12.2. The molecule has 0 aliphatic carbocycles. The third-order valence-electron chi connectivity index (χ3n) is 3.37. The number of ether oxygens (including phenoxy) is 1. The molecular formula is C13H14N4O6. The molecule has 1 heterocycles. The first kappa shape index (κ1) is 16.2. The summed E-state index contributed by atoms with van der Waals surface area (Å²) < 4.78 is 4.94. The molecule has 1 saturated heterocycles. The van der Waals surface area contributed by atoms with E-state index in [1.165, 1.54) is 26.2 Å². The molecule has 122 valence electrons. The number of amides is 4. The Morgan fingerprint density at radius 1 is 1.43 bits per heavy atom. The number of urea groups is 1. The highest BCUT2D eigenvalue weighted by Gasteiger charge is 2.42. The van der Waals surface area contributed by atoms with Gasteiger partial charge in [0.1, 0.15) is 16.9 Å². The Balaban J connectivity index is 2.19. The highest BCUT2D eigenvalue weighted by Crippen LogP contribution is 2.24. The Bertz CT molecular complexity index is 704. The lowest BCUT2D eigenvalue weighted by atomic mass is 10.0. The summed E-state index contributed by atoms with van der Waals surface area (Å²) >= 11 is 0. The first-order valence-corrected chi connectivity index (χ1v) is 6.51. The molecule has 1 unspecified atom stereocenters. The van der Waals surface area contributed by atoms with Crippen LogP contribution in [-0.2, 0) is 4.79 Å². The predicted octanol–water partition coefficient (Wildman–Crippen LogP) is -0.0687. The fourth-order valence-corrected chi connectivity index (χ4v) is 2.04. The minimum absolute atomic E-state index is 0.206. The first-order valence-electron chi connectivity index (χ1n) is 6.51. The Hall–Kier alpha value is -3.17. The highest BCUT2D eigenvalue weighted by molar-refractivity contribution is 6.07. The summed E-state index contributed by atoms with van der Waals surface area (Å²) in [7, 11) is 1.36. The van der Waals surface area contributed by atoms with E-state index in [9.17, 15) is 24.5 Å². The standard InChI is InChI=1S/C13H14N4O6/c1-13(11(19)15-12(20)16-13)6-14-10(18)8-5-7(23-2)3-4-9(8)17(21)22/h3-5H,6H2,1-2H3,(H,14,18)(H2,15,16,19,20). The smallest absolute Gasteiger partial charge is 0.322 e. The van der Waals surface area contributed by atoms with Crippen molar-refractivity contribution in [3.05, 3.63) is 33.9 Å². The van der Waals surface area contributed by atoms with E-state index in [0.29, 0.717) is 0 Å². The fourth-order valence-electron chi connectivity index (χ4n) is 2.04. The molecule has 0 saturated carbocycles. The van der Waals surface area contributed by atoms with Gasteiger partial charge in [-0.15, -0.1) is 0 Å². The van der Waals surface area contributed by atoms with Gasteiger partial charge in [-0.3, -0.25) is 25.0 Å². The number of methoxy groups -OCH3 is 1. The average molecular weight is 322 g/mol. The molecule has 1 aliphatic heterocycles. The summed E-state index contributed by atoms with van der Waals surface area (Å²) in [5.74, 6) is -1.08. The van der Waals surface area contributed by atoms with Crippen LogP contribution in [0.4, 0.5) is 10.5 Å². The minimum Gasteiger partial charge on any atom is -0.497 e. The third kappa shape index (κ3) is 3.20. The normalized spacial score (nSPS) is 19.7. The number of rotatable bonds is 5. The zero-order chi connectivity index (χ0) is 17.2. The summed E-state index contributed by atoms with van der Waals surface area (Å²) in [6.07, 6.45) is 0. The highest BCUT2D eigenvalue weighted by atomic mass is 16.6. The van der Waals surface area contributed by atoms with E-state index in [0.717, 1.165) is 6.07 Å². The molecule has 1 aromatic carbocycles. The number of hydrogen-bond donors (Lipinski definition) is 3. The first-order chi connectivity index (χ1) is 10.8. The van der Waals surface area contributed by atoms with Crippen LogP contribution >= 0.6 is 0 Å². The number of nitro benzene ring substituents is 1. The summed E-state index contributed by atoms with van der Waals surface area (Å²) in [6.45, 7) is 1.20. The van der Waals surface area contributed by atoms with Crippen molar-refractivity contribution in [3.8, 4) is 5.75 Å². The van der Waals surface area contributed by atoms with E-state index >= 15 is 0 Å². The van der Waals surface area contributed by atoms with Gasteiger partial charge in [0, 0.05) is 12.6 Å². The summed E-state index contributed by atoms with van der Waals surface area (Å²) in [5.41, 5.74) is -1.92. The average Bonchev–Trinajstić information content (AvgIpc) is 2.77. The van der Waals surface area contributed by atoms with Crippen LogP contribution in [0.2, 0.25) is 0 Å². The Kier molecular flexibility index (Phi) is 4.16. The molecule has 1 atom stereocenters. The number of carbonyl (C=O) groups is 3. The number of nitro groups is 1. The second-order valence-electron chi connectivity index (χ2n) is 5.06. The number of carbonyl (C=O) groups excluding carboxylic acids is 3. The minimum atomic E-state index is -1.32. The Labute approximate surface area is 130 Å². The lowest BCUT2D eigenvalue weighted by molar-refractivity contribution is -0.385. The number of imide groups is 1. The predicted molar refractivity (Wildman–Crippen MR) is 77.1 cm³/mol. The van der Waals surface area contributed by atoms with Gasteiger partial charge in [-0.1, -0.05) is 0 Å². The van der Waals surface area contributed by atoms with Gasteiger partial charge in [0.25, 0.3) is 17.5 Å². The Morgan fingerprint density at radius 2 is 2.13 bits per heavy atom. The van der Waals surface area contributed by atoms with Crippen LogP contribution in [0.25, 0.3) is 0 Å². The quantitative estimate of drug-likeness (QED) is 0.394. The molecule has 10 nitrogen and oxygen atoms in total. The molecule has 1 aliphatic rings. The van der Waals surface area contributed by atoms with E-state index in [4.69, 9.17) is 4.74 Å². The number of hydrogen-bond acceptors (Lipinski definition) is 6. The molecule has 4 amide bonds. The van der Waals surface area contributed by atoms with Crippen LogP contribution in [0, 0.1) is 10.1 Å². The van der Waals surface area contributed by atoms with Crippen LogP contribution < -0.4 is 20.7 Å². The number of nitrogens with zero attached hydrogens (tertiary/aromatic N) is 1. The van der Waals surface area contributed by atoms with Gasteiger partial charge in [-0.25, -0.2) is 4.79 Å². The van der Waals surface area contributed by atoms with Gasteiger partial charge < -0.3 is 15.4 Å². The van der Waals surface area contributed by atoms with Crippen molar-refractivity contribution in [1.82, 2.24) is 16.0 Å². The molecule has 1 aromatic rings. The molecule has 23 heavy (non-hydrogen) atoms. The van der Waals surface area contributed by atoms with E-state index < -0.39 is 34.0 Å². The molecule has 0 radical (unpaired) electrons. The van der Waals surface area contributed by atoms with E-state index in [1.54, 1.807) is 0 Å². The van der Waals surface area contributed by atoms with Gasteiger partial charge in [0.2, 0.25) is 0 Å². The van der Waals surface area contributed by atoms with Crippen molar-refractivity contribution >= 4 is 23.5 Å². The molecule has 10 heteroatoms. The molecule has 3 N–H and O–H groups in total. The zero-order valence-corrected chi connectivity index (χ0v) is 12.3. The maximum Gasteiger partial charge on any atom is 0.322 e. The van der Waals surface area contributed by atoms with Gasteiger partial charge in [0.15, 0.2) is 0 Å². The van der Waals surface area contributed by atoms with Crippen molar-refractivity contribution in [1.29, 1.82) is 0 Å². The molecule has 0 aromatic heterocycles. The topological polar surface area (TPSA) is 140 Å². The van der Waals surface area contributed by atoms with Gasteiger partial charge in [-0.05, 0) is 19.1 Å². The third-order valence-corrected chi connectivity index (χ3v) is 3.37. The summed E-state index contributed by atoms with van der Waals surface area (Å²) in [4.78, 5) is 45.3. The second-order valence-corrected chi connectivity index (χ2v) is 5.06.